The van der Waals surface area contributed by atoms with Crippen LogP contribution in [0.5, 0.6) is 0 Å². The second-order valence-electron chi connectivity index (χ2n) is 6.84. The van der Waals surface area contributed by atoms with Gasteiger partial charge in [0.15, 0.2) is 10.8 Å². The number of H-pyrrole nitrogens is 1. The molecule has 4 rings (SSSR count). The minimum atomic E-state index is -0.620. The lowest BCUT2D eigenvalue weighted by molar-refractivity contribution is -0.120. The second kappa shape index (κ2) is 7.47. The fraction of sp³-hybridized carbons (Fsp3) is 0.471. The van der Waals surface area contributed by atoms with Crippen molar-refractivity contribution in [2.45, 2.75) is 44.6 Å². The van der Waals surface area contributed by atoms with E-state index in [4.69, 9.17) is 5.73 Å². The zero-order valence-electron chi connectivity index (χ0n) is 14.7. The van der Waals surface area contributed by atoms with E-state index in [1.54, 1.807) is 11.6 Å². The number of aromatic amines is 1. The third-order valence-electron chi connectivity index (χ3n) is 5.08. The van der Waals surface area contributed by atoms with E-state index in [9.17, 15) is 9.59 Å². The van der Waals surface area contributed by atoms with Gasteiger partial charge in [0, 0.05) is 11.6 Å². The predicted molar refractivity (Wildman–Crippen MR) is 104 cm³/mol. The largest absolute Gasteiger partial charge is 0.383 e. The number of aromatic nitrogens is 5. The highest BCUT2D eigenvalue weighted by Gasteiger charge is 2.30. The van der Waals surface area contributed by atoms with Crippen molar-refractivity contribution in [1.29, 1.82) is 0 Å². The summed E-state index contributed by atoms with van der Waals surface area (Å²) in [6.45, 7) is 0. The van der Waals surface area contributed by atoms with Gasteiger partial charge in [0.25, 0.3) is 11.5 Å². The molecule has 27 heavy (non-hydrogen) atoms. The van der Waals surface area contributed by atoms with Crippen molar-refractivity contribution in [3.8, 4) is 0 Å². The number of nitrogens with zero attached hydrogens (tertiary/aromatic N) is 4. The summed E-state index contributed by atoms with van der Waals surface area (Å²) in [5.74, 6) is 0.352. The second-order valence-corrected chi connectivity index (χ2v) is 7.74. The Balaban J connectivity index is 1.70. The number of anilines is 2. The average molecular weight is 387 g/mol. The van der Waals surface area contributed by atoms with E-state index in [2.05, 4.69) is 25.4 Å². The van der Waals surface area contributed by atoms with Gasteiger partial charge < -0.3 is 16.0 Å². The molecule has 1 amide bonds. The van der Waals surface area contributed by atoms with Gasteiger partial charge in [-0.1, -0.05) is 32.1 Å². The van der Waals surface area contributed by atoms with Crippen LogP contribution in [-0.4, -0.2) is 30.6 Å². The van der Waals surface area contributed by atoms with Crippen LogP contribution >= 0.6 is 11.3 Å². The monoisotopic (exact) mass is 387 g/mol. The number of carbonyl (C=O) groups excluding carboxylic acids is 1. The first-order chi connectivity index (χ1) is 13.1. The van der Waals surface area contributed by atoms with Crippen molar-refractivity contribution in [1.82, 2.24) is 24.7 Å². The van der Waals surface area contributed by atoms with Crippen LogP contribution in [0, 0.1) is 5.92 Å². The van der Waals surface area contributed by atoms with Gasteiger partial charge in [0.2, 0.25) is 0 Å². The molecule has 0 spiro atoms. The number of carbonyl (C=O) groups is 1. The van der Waals surface area contributed by atoms with E-state index in [1.807, 2.05) is 0 Å². The van der Waals surface area contributed by atoms with Crippen molar-refractivity contribution in [3.63, 3.8) is 0 Å². The fourth-order valence-corrected chi connectivity index (χ4v) is 4.27. The number of thiazole rings is 1. The molecule has 0 aromatic carbocycles. The topological polar surface area (TPSA) is 132 Å². The molecule has 1 saturated carbocycles. The van der Waals surface area contributed by atoms with E-state index in [0.29, 0.717) is 17.5 Å². The quantitative estimate of drug-likeness (QED) is 0.615. The number of nitrogens with one attached hydrogen (secondary N) is 2. The van der Waals surface area contributed by atoms with Gasteiger partial charge in [-0.15, -0.1) is 16.4 Å². The molecule has 3 aromatic rings. The molecule has 4 N–H and O–H groups in total. The smallest absolute Gasteiger partial charge is 0.264 e. The summed E-state index contributed by atoms with van der Waals surface area (Å²) in [6.07, 6.45) is 9.28. The molecule has 10 heteroatoms. The van der Waals surface area contributed by atoms with Gasteiger partial charge in [-0.25, -0.2) is 14.6 Å². The summed E-state index contributed by atoms with van der Waals surface area (Å²) in [4.78, 5) is 35.8. The molecule has 1 fully saturated rings. The van der Waals surface area contributed by atoms with Crippen molar-refractivity contribution < 1.29 is 4.79 Å². The lowest BCUT2D eigenvalue weighted by Crippen LogP contribution is -2.30. The summed E-state index contributed by atoms with van der Waals surface area (Å²) in [5, 5.41) is 9.75. The van der Waals surface area contributed by atoms with Crippen LogP contribution < -0.4 is 16.6 Å². The average Bonchev–Trinajstić information content (AvgIpc) is 3.29. The van der Waals surface area contributed by atoms with E-state index >= 15 is 0 Å². The van der Waals surface area contributed by atoms with Crippen LogP contribution in [0.3, 0.4) is 0 Å². The molecule has 3 aromatic heterocycles. The number of nitrogen functional groups attached to an aromatic ring is 1. The molecule has 3 heterocycles. The summed E-state index contributed by atoms with van der Waals surface area (Å²) in [7, 11) is 0. The highest BCUT2D eigenvalue weighted by atomic mass is 32.1. The number of fused-ring (bicyclic) bond motifs is 1. The molecule has 1 aliphatic carbocycles. The Morgan fingerprint density at radius 1 is 1.37 bits per heavy atom. The van der Waals surface area contributed by atoms with Crippen LogP contribution in [0.25, 0.3) is 11.0 Å². The highest BCUT2D eigenvalue weighted by Crippen LogP contribution is 2.33. The first-order valence-corrected chi connectivity index (χ1v) is 9.93. The van der Waals surface area contributed by atoms with E-state index in [0.717, 1.165) is 12.8 Å². The number of hydrogen-bond acceptors (Lipinski definition) is 7. The van der Waals surface area contributed by atoms with Gasteiger partial charge in [-0.05, 0) is 12.3 Å². The lowest BCUT2D eigenvalue weighted by Gasteiger charge is -2.26. The Bertz CT molecular complexity index is 989. The SMILES string of the molecule is Nc1c2c(=O)[nH]cnc2nn1C(CC1CCCCC1)C(=O)Nc1nccs1. The highest BCUT2D eigenvalue weighted by molar-refractivity contribution is 7.13. The molecule has 0 bridgehead atoms. The molecular formula is C17H21N7O2S. The zero-order valence-corrected chi connectivity index (χ0v) is 15.5. The Morgan fingerprint density at radius 2 is 2.19 bits per heavy atom. The normalized spacial score (nSPS) is 16.4. The Kier molecular flexibility index (Phi) is 4.88. The van der Waals surface area contributed by atoms with Crippen molar-refractivity contribution in [2.75, 3.05) is 11.1 Å². The minimum Gasteiger partial charge on any atom is -0.383 e. The van der Waals surface area contributed by atoms with Crippen LogP contribution in [0.2, 0.25) is 0 Å². The van der Waals surface area contributed by atoms with Gasteiger partial charge in [0.05, 0.1) is 6.33 Å². The summed E-state index contributed by atoms with van der Waals surface area (Å²) < 4.78 is 1.45. The first-order valence-electron chi connectivity index (χ1n) is 9.05. The van der Waals surface area contributed by atoms with Crippen LogP contribution in [0.4, 0.5) is 10.9 Å². The third kappa shape index (κ3) is 3.57. The minimum absolute atomic E-state index is 0.162. The fourth-order valence-electron chi connectivity index (χ4n) is 3.74. The molecule has 1 aliphatic rings. The Hall–Kier alpha value is -2.75. The van der Waals surface area contributed by atoms with Gasteiger partial charge in [-0.3, -0.25) is 9.59 Å². The summed E-state index contributed by atoms with van der Waals surface area (Å²) in [6, 6.07) is -0.620. The maximum Gasteiger partial charge on any atom is 0.264 e. The molecule has 9 nitrogen and oxygen atoms in total. The molecule has 0 saturated heterocycles. The van der Waals surface area contributed by atoms with E-state index < -0.39 is 6.04 Å². The Morgan fingerprint density at radius 3 is 2.89 bits per heavy atom. The molecular weight excluding hydrogens is 366 g/mol. The first kappa shape index (κ1) is 17.7. The number of nitrogens with two attached hydrogens (primary N) is 1. The maximum absolute atomic E-state index is 13.0. The van der Waals surface area contributed by atoms with Crippen molar-refractivity contribution in [2.24, 2.45) is 5.92 Å². The van der Waals surface area contributed by atoms with Crippen LogP contribution in [0.15, 0.2) is 22.7 Å². The standard InChI is InChI=1S/C17H21N7O2S/c18-13-12-14(20-9-21-16(12)26)23-24(13)11(8-10-4-2-1-3-5-10)15(25)22-17-19-6-7-27-17/h6-7,9-11H,1-5,8,18H2,(H,19,22,25)(H,20,21,23,26). The summed E-state index contributed by atoms with van der Waals surface area (Å²) >= 11 is 1.35. The van der Waals surface area contributed by atoms with Gasteiger partial charge >= 0.3 is 0 Å². The van der Waals surface area contributed by atoms with Gasteiger partial charge in [-0.2, -0.15) is 0 Å². The third-order valence-corrected chi connectivity index (χ3v) is 5.77. The number of amides is 1. The maximum atomic E-state index is 13.0. The van der Waals surface area contributed by atoms with Crippen LogP contribution in [0.1, 0.15) is 44.6 Å². The Labute approximate surface area is 159 Å². The van der Waals surface area contributed by atoms with Crippen molar-refractivity contribution >= 4 is 39.2 Å². The molecule has 1 unspecified atom stereocenters. The lowest BCUT2D eigenvalue weighted by atomic mass is 9.84. The number of rotatable bonds is 5. The number of hydrogen-bond donors (Lipinski definition) is 3. The van der Waals surface area contributed by atoms with Crippen molar-refractivity contribution in [3.05, 3.63) is 28.3 Å². The van der Waals surface area contributed by atoms with E-state index in [-0.39, 0.29) is 28.3 Å². The predicted octanol–water partition coefficient (Wildman–Crippen LogP) is 2.31. The molecule has 0 radical (unpaired) electrons. The summed E-state index contributed by atoms with van der Waals surface area (Å²) in [5.41, 5.74) is 6.09. The van der Waals surface area contributed by atoms with E-state index in [1.165, 1.54) is 41.6 Å². The molecule has 142 valence electrons. The molecule has 1 atom stereocenters. The van der Waals surface area contributed by atoms with Gasteiger partial charge in [0.1, 0.15) is 17.2 Å². The zero-order chi connectivity index (χ0) is 18.8. The molecule has 0 aliphatic heterocycles. The van der Waals surface area contributed by atoms with Crippen LogP contribution in [-0.2, 0) is 4.79 Å².